The summed E-state index contributed by atoms with van der Waals surface area (Å²) in [5.41, 5.74) is 3.38. The van der Waals surface area contributed by atoms with Crippen LogP contribution in [0.4, 0.5) is 17.6 Å². The Morgan fingerprint density at radius 2 is 1.73 bits per heavy atom. The Balaban J connectivity index is 1.61. The van der Waals surface area contributed by atoms with Gasteiger partial charge in [-0.05, 0) is 51.8 Å². The van der Waals surface area contributed by atoms with E-state index in [0.717, 1.165) is 22.2 Å². The largest absolute Gasteiger partial charge is 0.479 e. The van der Waals surface area contributed by atoms with E-state index in [1.165, 1.54) is 0 Å². The van der Waals surface area contributed by atoms with Crippen LogP contribution in [0.3, 0.4) is 0 Å². The molecule has 0 saturated carbocycles. The van der Waals surface area contributed by atoms with Crippen molar-refractivity contribution in [1.29, 1.82) is 0 Å². The Labute approximate surface area is 251 Å². The predicted molar refractivity (Wildman–Crippen MR) is 152 cm³/mol. The van der Waals surface area contributed by atoms with Crippen molar-refractivity contribution in [2.45, 2.75) is 64.7 Å². The minimum atomic E-state index is -1.85. The number of aromatic nitrogens is 1. The number of carbonyl (C=O) groups is 3. The van der Waals surface area contributed by atoms with Gasteiger partial charge in [0.2, 0.25) is 11.6 Å². The number of carbonyl (C=O) groups excluding carboxylic acids is 3. The number of Topliss-reactive ketones (excluding diaryl/α,β-unsaturated/α-hetero) is 1. The number of fused-ring (bicyclic) bond motifs is 1. The SMILES string of the molecule is CCC1(C(=O)N[C@@H](CC(=O)OC(C)(C)C)C(=O)COc2c(F)c(F)cc(F)c2F)C=C(c2c(C)c3ccccc3n2C)NO1. The predicted octanol–water partition coefficient (Wildman–Crippen LogP) is 4.93. The maximum Gasteiger partial charge on any atom is 0.308 e. The molecule has 0 spiro atoms. The van der Waals surface area contributed by atoms with Crippen LogP contribution in [-0.2, 0) is 31.0 Å². The fraction of sp³-hybridized carbons (Fsp3) is 0.387. The Kier molecular flexibility index (Phi) is 9.10. The van der Waals surface area contributed by atoms with Crippen molar-refractivity contribution in [2.75, 3.05) is 6.61 Å². The van der Waals surface area contributed by atoms with E-state index < -0.39 is 76.9 Å². The number of hydrogen-bond acceptors (Lipinski definition) is 7. The lowest BCUT2D eigenvalue weighted by molar-refractivity contribution is -0.157. The second-order valence-electron chi connectivity index (χ2n) is 11.4. The number of ketones is 1. The molecule has 2 heterocycles. The molecule has 9 nitrogen and oxygen atoms in total. The first-order valence-electron chi connectivity index (χ1n) is 13.8. The van der Waals surface area contributed by atoms with Gasteiger partial charge in [0.1, 0.15) is 18.2 Å². The van der Waals surface area contributed by atoms with Crippen molar-refractivity contribution in [3.05, 3.63) is 70.9 Å². The molecule has 0 fully saturated rings. The molecule has 0 radical (unpaired) electrons. The molecule has 4 rings (SSSR count). The van der Waals surface area contributed by atoms with Crippen molar-refractivity contribution in [3.63, 3.8) is 0 Å². The van der Waals surface area contributed by atoms with Crippen molar-refractivity contribution >= 4 is 34.3 Å². The van der Waals surface area contributed by atoms with Crippen molar-refractivity contribution < 1.29 is 46.3 Å². The minimum Gasteiger partial charge on any atom is -0.479 e. The number of ether oxygens (including phenoxy) is 2. The fourth-order valence-corrected chi connectivity index (χ4v) is 4.96. The highest BCUT2D eigenvalue weighted by molar-refractivity contribution is 5.98. The quantitative estimate of drug-likeness (QED) is 0.188. The van der Waals surface area contributed by atoms with Crippen molar-refractivity contribution in [2.24, 2.45) is 7.05 Å². The van der Waals surface area contributed by atoms with Crippen molar-refractivity contribution in [3.8, 4) is 5.75 Å². The molecule has 1 aliphatic heterocycles. The third-order valence-electron chi connectivity index (χ3n) is 7.16. The third-order valence-corrected chi connectivity index (χ3v) is 7.16. The molecule has 0 saturated heterocycles. The van der Waals surface area contributed by atoms with Crippen LogP contribution in [0.2, 0.25) is 0 Å². The number of amides is 1. The van der Waals surface area contributed by atoms with E-state index in [4.69, 9.17) is 14.3 Å². The molecule has 0 aliphatic carbocycles. The summed E-state index contributed by atoms with van der Waals surface area (Å²) < 4.78 is 67.5. The van der Waals surface area contributed by atoms with Gasteiger partial charge in [-0.25, -0.2) is 8.78 Å². The van der Waals surface area contributed by atoms with Crippen LogP contribution in [0.5, 0.6) is 5.75 Å². The Morgan fingerprint density at radius 1 is 1.09 bits per heavy atom. The molecule has 2 aromatic carbocycles. The highest BCUT2D eigenvalue weighted by Crippen LogP contribution is 2.35. The summed E-state index contributed by atoms with van der Waals surface area (Å²) in [6, 6.07) is 6.11. The van der Waals surface area contributed by atoms with Gasteiger partial charge < -0.3 is 19.4 Å². The average Bonchev–Trinajstić information content (AvgIpc) is 3.50. The van der Waals surface area contributed by atoms with E-state index in [0.29, 0.717) is 5.70 Å². The van der Waals surface area contributed by atoms with Gasteiger partial charge in [0.05, 0.1) is 17.8 Å². The maximum atomic E-state index is 14.1. The van der Waals surface area contributed by atoms with Crippen LogP contribution in [-0.4, -0.2) is 46.1 Å². The summed E-state index contributed by atoms with van der Waals surface area (Å²) in [5.74, 6) is -11.3. The highest BCUT2D eigenvalue weighted by Gasteiger charge is 2.44. The van der Waals surface area contributed by atoms with Gasteiger partial charge in [-0.15, -0.1) is 0 Å². The lowest BCUT2D eigenvalue weighted by Crippen LogP contribution is -2.53. The Bertz CT molecular complexity index is 1600. The van der Waals surface area contributed by atoms with E-state index in [-0.39, 0.29) is 12.5 Å². The molecule has 13 heteroatoms. The van der Waals surface area contributed by atoms with Gasteiger partial charge in [0.15, 0.2) is 28.8 Å². The van der Waals surface area contributed by atoms with Gasteiger partial charge in [-0.1, -0.05) is 25.1 Å². The third kappa shape index (κ3) is 6.42. The van der Waals surface area contributed by atoms with Crippen LogP contribution in [0, 0.1) is 30.2 Å². The topological polar surface area (TPSA) is 108 Å². The van der Waals surface area contributed by atoms with Gasteiger partial charge >= 0.3 is 5.97 Å². The number of nitrogens with zero attached hydrogens (tertiary/aromatic N) is 1. The number of nitrogens with one attached hydrogen (secondary N) is 2. The van der Waals surface area contributed by atoms with Gasteiger partial charge in [-0.3, -0.25) is 24.7 Å². The monoisotopic (exact) mass is 619 g/mol. The molecule has 44 heavy (non-hydrogen) atoms. The lowest BCUT2D eigenvalue weighted by Gasteiger charge is -2.27. The smallest absolute Gasteiger partial charge is 0.308 e. The van der Waals surface area contributed by atoms with Crippen molar-refractivity contribution in [1.82, 2.24) is 15.4 Å². The second-order valence-corrected chi connectivity index (χ2v) is 11.4. The molecule has 236 valence electrons. The minimum absolute atomic E-state index is 0.00789. The number of rotatable bonds is 10. The van der Waals surface area contributed by atoms with E-state index in [1.807, 2.05) is 42.8 Å². The maximum absolute atomic E-state index is 14.1. The first-order valence-corrected chi connectivity index (χ1v) is 13.8. The zero-order chi connectivity index (χ0) is 32.6. The zero-order valence-electron chi connectivity index (χ0n) is 25.1. The number of esters is 1. The lowest BCUT2D eigenvalue weighted by atomic mass is 9.96. The summed E-state index contributed by atoms with van der Waals surface area (Å²) in [5, 5.41) is 3.46. The average molecular weight is 620 g/mol. The summed E-state index contributed by atoms with van der Waals surface area (Å²) in [7, 11) is 1.87. The van der Waals surface area contributed by atoms with Crippen LogP contribution in [0.25, 0.3) is 16.6 Å². The van der Waals surface area contributed by atoms with E-state index in [2.05, 4.69) is 10.8 Å². The van der Waals surface area contributed by atoms with Crippen LogP contribution in [0.15, 0.2) is 36.4 Å². The number of hydroxylamine groups is 1. The van der Waals surface area contributed by atoms with E-state index >= 15 is 0 Å². The number of benzene rings is 2. The first-order chi connectivity index (χ1) is 20.6. The fourth-order valence-electron chi connectivity index (χ4n) is 4.96. The molecule has 1 aliphatic rings. The molecule has 2 atom stereocenters. The normalized spacial score (nSPS) is 17.2. The molecule has 1 unspecified atom stereocenters. The van der Waals surface area contributed by atoms with E-state index in [1.54, 1.807) is 33.8 Å². The molecular formula is C31H33F4N3O6. The Hall–Kier alpha value is -4.39. The highest BCUT2D eigenvalue weighted by atomic mass is 19.2. The summed E-state index contributed by atoms with van der Waals surface area (Å²) in [6.07, 6.45) is 0.982. The second kappa shape index (κ2) is 12.3. The molecule has 1 aromatic heterocycles. The van der Waals surface area contributed by atoms with Gasteiger partial charge in [0, 0.05) is 24.0 Å². The molecule has 2 N–H and O–H groups in total. The van der Waals surface area contributed by atoms with E-state index in [9.17, 15) is 31.9 Å². The molecule has 0 bridgehead atoms. The molecule has 1 amide bonds. The van der Waals surface area contributed by atoms with Crippen LogP contribution < -0.4 is 15.5 Å². The number of hydrogen-bond donors (Lipinski definition) is 2. The number of halogens is 4. The number of para-hydroxylation sites is 1. The zero-order valence-corrected chi connectivity index (χ0v) is 25.1. The molecule has 3 aromatic rings. The van der Waals surface area contributed by atoms with Crippen LogP contribution in [0.1, 0.15) is 51.8 Å². The summed E-state index contributed by atoms with van der Waals surface area (Å²) in [6.45, 7) is 7.25. The standard InChI is InChI=1S/C31H33F4N3O6/c1-7-31(14-21(37-44-31)27-16(2)17-10-8-9-11-22(17)38(27)6)29(41)36-20(13-24(40)43-30(3,4)5)23(39)15-42-28-25(34)18(32)12-19(33)26(28)35/h8-12,14,20,37H,7,13,15H2,1-6H3,(H,36,41)/t20-,31?/m0/s1. The molecular weight excluding hydrogens is 586 g/mol. The summed E-state index contributed by atoms with van der Waals surface area (Å²) in [4.78, 5) is 45.3. The summed E-state index contributed by atoms with van der Waals surface area (Å²) >= 11 is 0. The van der Waals surface area contributed by atoms with Gasteiger partial charge in [0.25, 0.3) is 5.91 Å². The van der Waals surface area contributed by atoms with Gasteiger partial charge in [-0.2, -0.15) is 8.78 Å². The number of aryl methyl sites for hydroxylation is 2. The Morgan fingerprint density at radius 3 is 2.32 bits per heavy atom. The first kappa shape index (κ1) is 32.5. The van der Waals surface area contributed by atoms with Crippen LogP contribution >= 0.6 is 0 Å².